The highest BCUT2D eigenvalue weighted by Gasteiger charge is 2.09. The Kier molecular flexibility index (Phi) is 6.17. The lowest BCUT2D eigenvalue weighted by Gasteiger charge is -2.11. The number of amides is 1. The first-order valence-corrected chi connectivity index (χ1v) is 8.00. The number of hydrogen-bond acceptors (Lipinski definition) is 4. The molecule has 0 saturated carbocycles. The maximum atomic E-state index is 11.6. The van der Waals surface area contributed by atoms with E-state index in [1.165, 1.54) is 15.0 Å². The molecule has 0 spiro atoms. The van der Waals surface area contributed by atoms with Crippen molar-refractivity contribution in [3.63, 3.8) is 0 Å². The van der Waals surface area contributed by atoms with Gasteiger partial charge in [0.2, 0.25) is 5.91 Å². The van der Waals surface area contributed by atoms with Gasteiger partial charge in [0, 0.05) is 42.2 Å². The summed E-state index contributed by atoms with van der Waals surface area (Å²) in [5.74, 6) is 0.0584. The Morgan fingerprint density at radius 2 is 2.14 bits per heavy atom. The van der Waals surface area contributed by atoms with Crippen LogP contribution in [0.5, 0.6) is 0 Å². The molecule has 1 aromatic carbocycles. The number of methoxy groups -OCH3 is 1. The molecule has 21 heavy (non-hydrogen) atoms. The highest BCUT2D eigenvalue weighted by atomic mass is 32.1. The Bertz CT molecular complexity index is 549. The standard InChI is InChI=1S/C16H22N2O2S/c1-12(17-8-7-16(19)18-9-10-20-2)15-11-13-5-3-4-6-14(13)21-15/h3-6,11-12,17H,7-10H2,1-2H3,(H,18,19). The number of carbonyl (C=O) groups is 1. The smallest absolute Gasteiger partial charge is 0.221 e. The van der Waals surface area contributed by atoms with E-state index in [0.29, 0.717) is 26.1 Å². The van der Waals surface area contributed by atoms with Gasteiger partial charge in [-0.15, -0.1) is 11.3 Å². The summed E-state index contributed by atoms with van der Waals surface area (Å²) in [6.07, 6.45) is 0.485. The van der Waals surface area contributed by atoms with Crippen LogP contribution in [-0.2, 0) is 9.53 Å². The largest absolute Gasteiger partial charge is 0.383 e. The number of thiophene rings is 1. The van der Waals surface area contributed by atoms with Crippen molar-refractivity contribution in [2.45, 2.75) is 19.4 Å². The van der Waals surface area contributed by atoms with Crippen LogP contribution in [0, 0.1) is 0 Å². The van der Waals surface area contributed by atoms with Crippen LogP contribution in [0.15, 0.2) is 30.3 Å². The maximum Gasteiger partial charge on any atom is 0.221 e. The van der Waals surface area contributed by atoms with Crippen molar-refractivity contribution in [3.05, 3.63) is 35.2 Å². The monoisotopic (exact) mass is 306 g/mol. The van der Waals surface area contributed by atoms with Gasteiger partial charge in [-0.3, -0.25) is 4.79 Å². The molecule has 0 aliphatic heterocycles. The Morgan fingerprint density at radius 1 is 1.33 bits per heavy atom. The number of carbonyl (C=O) groups excluding carboxylic acids is 1. The predicted molar refractivity (Wildman–Crippen MR) is 87.7 cm³/mol. The van der Waals surface area contributed by atoms with E-state index in [-0.39, 0.29) is 11.9 Å². The van der Waals surface area contributed by atoms with Crippen molar-refractivity contribution in [1.29, 1.82) is 0 Å². The zero-order valence-electron chi connectivity index (χ0n) is 12.5. The average Bonchev–Trinajstić information content (AvgIpc) is 2.91. The molecule has 114 valence electrons. The number of ether oxygens (including phenoxy) is 1. The van der Waals surface area contributed by atoms with Crippen LogP contribution >= 0.6 is 11.3 Å². The molecule has 0 fully saturated rings. The Morgan fingerprint density at radius 3 is 2.90 bits per heavy atom. The van der Waals surface area contributed by atoms with E-state index >= 15 is 0 Å². The molecular weight excluding hydrogens is 284 g/mol. The van der Waals surface area contributed by atoms with Crippen LogP contribution in [0.25, 0.3) is 10.1 Å². The lowest BCUT2D eigenvalue weighted by atomic mass is 10.2. The van der Waals surface area contributed by atoms with Crippen molar-refractivity contribution in [3.8, 4) is 0 Å². The molecule has 1 unspecified atom stereocenters. The summed E-state index contributed by atoms with van der Waals surface area (Å²) >= 11 is 1.80. The summed E-state index contributed by atoms with van der Waals surface area (Å²) in [6, 6.07) is 10.9. The molecule has 0 bridgehead atoms. The Hall–Kier alpha value is -1.43. The van der Waals surface area contributed by atoms with Gasteiger partial charge in [0.1, 0.15) is 0 Å². The molecule has 0 aliphatic carbocycles. The summed E-state index contributed by atoms with van der Waals surface area (Å²) in [4.78, 5) is 12.9. The number of rotatable bonds is 8. The van der Waals surface area contributed by atoms with Gasteiger partial charge in [0.15, 0.2) is 0 Å². The Balaban J connectivity index is 1.76. The molecule has 2 N–H and O–H groups in total. The van der Waals surface area contributed by atoms with Gasteiger partial charge in [-0.25, -0.2) is 0 Å². The first-order valence-electron chi connectivity index (χ1n) is 7.18. The first kappa shape index (κ1) is 15.9. The van der Waals surface area contributed by atoms with E-state index in [0.717, 1.165) is 0 Å². The molecule has 1 atom stereocenters. The summed E-state index contributed by atoms with van der Waals surface area (Å²) in [5.41, 5.74) is 0. The zero-order valence-corrected chi connectivity index (χ0v) is 13.3. The second kappa shape index (κ2) is 8.12. The van der Waals surface area contributed by atoms with Crippen LogP contribution in [0.1, 0.15) is 24.3 Å². The van der Waals surface area contributed by atoms with Gasteiger partial charge in [0.05, 0.1) is 6.61 Å². The van der Waals surface area contributed by atoms with Gasteiger partial charge < -0.3 is 15.4 Å². The van der Waals surface area contributed by atoms with Gasteiger partial charge in [-0.1, -0.05) is 18.2 Å². The third kappa shape index (κ3) is 4.81. The van der Waals surface area contributed by atoms with Crippen molar-refractivity contribution in [2.75, 3.05) is 26.8 Å². The van der Waals surface area contributed by atoms with E-state index < -0.39 is 0 Å². The molecule has 0 saturated heterocycles. The molecule has 0 radical (unpaired) electrons. The van der Waals surface area contributed by atoms with Crippen molar-refractivity contribution in [2.24, 2.45) is 0 Å². The molecule has 5 heteroatoms. The van der Waals surface area contributed by atoms with Crippen LogP contribution in [0.3, 0.4) is 0 Å². The maximum absolute atomic E-state index is 11.6. The van der Waals surface area contributed by atoms with E-state index in [2.05, 4.69) is 47.9 Å². The second-order valence-electron chi connectivity index (χ2n) is 4.96. The molecule has 0 aliphatic rings. The van der Waals surface area contributed by atoms with Crippen molar-refractivity contribution >= 4 is 27.3 Å². The highest BCUT2D eigenvalue weighted by molar-refractivity contribution is 7.19. The molecule has 4 nitrogen and oxygen atoms in total. The van der Waals surface area contributed by atoms with Gasteiger partial charge >= 0.3 is 0 Å². The minimum Gasteiger partial charge on any atom is -0.383 e. The van der Waals surface area contributed by atoms with Gasteiger partial charge in [-0.2, -0.15) is 0 Å². The summed E-state index contributed by atoms with van der Waals surface area (Å²) in [5, 5.41) is 7.50. The lowest BCUT2D eigenvalue weighted by molar-refractivity contribution is -0.121. The van der Waals surface area contributed by atoms with Gasteiger partial charge in [0.25, 0.3) is 0 Å². The van der Waals surface area contributed by atoms with Crippen LogP contribution in [0.4, 0.5) is 0 Å². The molecule has 1 aromatic heterocycles. The van der Waals surface area contributed by atoms with Crippen LogP contribution in [0.2, 0.25) is 0 Å². The molecule has 1 amide bonds. The average molecular weight is 306 g/mol. The first-order chi connectivity index (χ1) is 10.2. The predicted octanol–water partition coefficient (Wildman–Crippen LogP) is 2.70. The van der Waals surface area contributed by atoms with E-state index in [4.69, 9.17) is 4.74 Å². The fourth-order valence-corrected chi connectivity index (χ4v) is 3.19. The van der Waals surface area contributed by atoms with Gasteiger partial charge in [-0.05, 0) is 24.4 Å². The highest BCUT2D eigenvalue weighted by Crippen LogP contribution is 2.29. The molecule has 2 rings (SSSR count). The fourth-order valence-electron chi connectivity index (χ4n) is 2.10. The topological polar surface area (TPSA) is 50.4 Å². The SMILES string of the molecule is COCCNC(=O)CCNC(C)c1cc2ccccc2s1. The van der Waals surface area contributed by atoms with Crippen LogP contribution < -0.4 is 10.6 Å². The van der Waals surface area contributed by atoms with E-state index in [1.54, 1.807) is 18.4 Å². The van der Waals surface area contributed by atoms with Crippen molar-refractivity contribution < 1.29 is 9.53 Å². The van der Waals surface area contributed by atoms with E-state index in [9.17, 15) is 4.79 Å². The summed E-state index contributed by atoms with van der Waals surface area (Å²) in [6.45, 7) is 3.93. The summed E-state index contributed by atoms with van der Waals surface area (Å²) in [7, 11) is 1.63. The van der Waals surface area contributed by atoms with E-state index in [1.807, 2.05) is 0 Å². The zero-order chi connectivity index (χ0) is 15.1. The van der Waals surface area contributed by atoms with Crippen LogP contribution in [-0.4, -0.2) is 32.7 Å². The fraction of sp³-hybridized carbons (Fsp3) is 0.438. The second-order valence-corrected chi connectivity index (χ2v) is 6.07. The third-order valence-electron chi connectivity index (χ3n) is 3.30. The molecule has 2 aromatic rings. The molecule has 1 heterocycles. The minimum absolute atomic E-state index is 0.0584. The normalized spacial score (nSPS) is 12.5. The quantitative estimate of drug-likeness (QED) is 0.737. The molecular formula is C16H22N2O2S. The number of fused-ring (bicyclic) bond motifs is 1. The number of hydrogen-bond donors (Lipinski definition) is 2. The lowest BCUT2D eigenvalue weighted by Crippen LogP contribution is -2.30. The number of nitrogens with one attached hydrogen (secondary N) is 2. The Labute approximate surface area is 129 Å². The van der Waals surface area contributed by atoms with Crippen molar-refractivity contribution in [1.82, 2.24) is 10.6 Å². The third-order valence-corrected chi connectivity index (χ3v) is 4.60. The summed E-state index contributed by atoms with van der Waals surface area (Å²) < 4.78 is 6.20. The number of benzene rings is 1. The minimum atomic E-state index is 0.0584.